The number of hydrogen-bond donors (Lipinski definition) is 3. The number of hydrogen-bond acceptors (Lipinski definition) is 6. The molecule has 2 saturated heterocycles. The first-order valence-electron chi connectivity index (χ1n) is 14.2. The zero-order valence-electron chi connectivity index (χ0n) is 21.8. The van der Waals surface area contributed by atoms with E-state index in [9.17, 15) is 4.79 Å². The van der Waals surface area contributed by atoms with Crippen LogP contribution in [0.2, 0.25) is 0 Å². The number of carbonyl (C=O) groups excluding carboxylic acids is 1. The second-order valence-corrected chi connectivity index (χ2v) is 10.9. The highest BCUT2D eigenvalue weighted by molar-refractivity contribution is 6.45. The predicted octanol–water partition coefficient (Wildman–Crippen LogP) is 4.81. The van der Waals surface area contributed by atoms with Crippen molar-refractivity contribution in [2.24, 2.45) is 5.92 Å². The molecule has 1 amide bonds. The van der Waals surface area contributed by atoms with Gasteiger partial charge in [-0.1, -0.05) is 44.9 Å². The van der Waals surface area contributed by atoms with Crippen molar-refractivity contribution in [3.05, 3.63) is 17.7 Å². The lowest BCUT2D eigenvalue weighted by Gasteiger charge is -2.35. The maximum atomic E-state index is 13.0. The molecule has 0 aromatic carbocycles. The highest BCUT2D eigenvalue weighted by Gasteiger charge is 2.26. The van der Waals surface area contributed by atoms with Gasteiger partial charge in [0.05, 0.1) is 0 Å². The Balaban J connectivity index is 1.30. The molecule has 7 nitrogen and oxygen atoms in total. The van der Waals surface area contributed by atoms with E-state index in [2.05, 4.69) is 20.4 Å². The molecule has 4 rings (SSSR count). The van der Waals surface area contributed by atoms with Crippen LogP contribution in [0.5, 0.6) is 0 Å². The molecule has 2 aliphatic heterocycles. The number of amides is 1. The molecule has 0 unspecified atom stereocenters. The van der Waals surface area contributed by atoms with Gasteiger partial charge in [0.2, 0.25) is 0 Å². The minimum absolute atomic E-state index is 0.00232. The molecule has 1 aromatic rings. The van der Waals surface area contributed by atoms with E-state index in [1.54, 1.807) is 0 Å². The smallest absolute Gasteiger partial charge is 0.270 e. The van der Waals surface area contributed by atoms with Gasteiger partial charge in [-0.3, -0.25) is 10.2 Å². The lowest BCUT2D eigenvalue weighted by Crippen LogP contribution is -2.47. The second-order valence-electron chi connectivity index (χ2n) is 10.9. The van der Waals surface area contributed by atoms with Gasteiger partial charge in [-0.2, -0.15) is 0 Å². The third-order valence-electron chi connectivity index (χ3n) is 8.21. The lowest BCUT2D eigenvalue weighted by molar-refractivity contribution is -0.115. The summed E-state index contributed by atoms with van der Waals surface area (Å²) >= 11 is 0. The SMILES string of the molecule is CNc1nc(N2CCCCCCCC2)ccc1C(=N)C(=O)NC1CCN(CC2CCCCC2)CC1. The molecule has 3 fully saturated rings. The van der Waals surface area contributed by atoms with E-state index in [0.29, 0.717) is 11.4 Å². The Bertz CT molecular complexity index is 819. The maximum Gasteiger partial charge on any atom is 0.270 e. The van der Waals surface area contributed by atoms with Gasteiger partial charge in [0.1, 0.15) is 17.3 Å². The van der Waals surface area contributed by atoms with Gasteiger partial charge in [-0.25, -0.2) is 4.98 Å². The molecule has 3 N–H and O–H groups in total. The van der Waals surface area contributed by atoms with Crippen molar-refractivity contribution < 1.29 is 4.79 Å². The maximum absolute atomic E-state index is 13.0. The third kappa shape index (κ3) is 7.42. The Labute approximate surface area is 211 Å². The summed E-state index contributed by atoms with van der Waals surface area (Å²) in [7, 11) is 1.82. The van der Waals surface area contributed by atoms with Gasteiger partial charge in [-0.05, 0) is 56.6 Å². The number of rotatable bonds is 7. The highest BCUT2D eigenvalue weighted by atomic mass is 16.1. The van der Waals surface area contributed by atoms with E-state index in [-0.39, 0.29) is 17.7 Å². The van der Waals surface area contributed by atoms with E-state index in [0.717, 1.165) is 50.8 Å². The van der Waals surface area contributed by atoms with Crippen LogP contribution in [0.3, 0.4) is 0 Å². The van der Waals surface area contributed by atoms with E-state index >= 15 is 0 Å². The van der Waals surface area contributed by atoms with E-state index < -0.39 is 0 Å². The molecule has 0 spiro atoms. The molecular weight excluding hydrogens is 436 g/mol. The van der Waals surface area contributed by atoms with Crippen molar-refractivity contribution in [1.29, 1.82) is 5.41 Å². The summed E-state index contributed by atoms with van der Waals surface area (Å²) in [5.41, 5.74) is 0.579. The number of likely N-dealkylation sites (tertiary alicyclic amines) is 1. The van der Waals surface area contributed by atoms with Gasteiger partial charge < -0.3 is 20.4 Å². The zero-order valence-corrected chi connectivity index (χ0v) is 21.8. The fourth-order valence-electron chi connectivity index (χ4n) is 6.05. The Morgan fingerprint density at radius 2 is 1.54 bits per heavy atom. The molecule has 0 radical (unpaired) electrons. The third-order valence-corrected chi connectivity index (χ3v) is 8.21. The lowest BCUT2D eigenvalue weighted by atomic mass is 9.88. The molecule has 194 valence electrons. The van der Waals surface area contributed by atoms with Gasteiger partial charge in [0.15, 0.2) is 0 Å². The van der Waals surface area contributed by atoms with Crippen LogP contribution in [0.1, 0.15) is 89.0 Å². The highest BCUT2D eigenvalue weighted by Crippen LogP contribution is 2.26. The summed E-state index contributed by atoms with van der Waals surface area (Å²) in [4.78, 5) is 22.7. The zero-order chi connectivity index (χ0) is 24.5. The van der Waals surface area contributed by atoms with Crippen molar-refractivity contribution in [3.63, 3.8) is 0 Å². The van der Waals surface area contributed by atoms with Crippen LogP contribution >= 0.6 is 0 Å². The topological polar surface area (TPSA) is 84.4 Å². The van der Waals surface area contributed by atoms with Crippen LogP contribution in [0, 0.1) is 11.3 Å². The Kier molecular flexibility index (Phi) is 9.81. The van der Waals surface area contributed by atoms with Crippen LogP contribution in [0.4, 0.5) is 11.6 Å². The van der Waals surface area contributed by atoms with Crippen LogP contribution in [0.25, 0.3) is 0 Å². The number of carbonyl (C=O) groups is 1. The number of aromatic nitrogens is 1. The average molecular weight is 483 g/mol. The molecule has 35 heavy (non-hydrogen) atoms. The first-order chi connectivity index (χ1) is 17.1. The van der Waals surface area contributed by atoms with E-state index in [1.807, 2.05) is 19.2 Å². The molecule has 3 heterocycles. The average Bonchev–Trinajstić information content (AvgIpc) is 3.04. The molecule has 0 bridgehead atoms. The second kappa shape index (κ2) is 13.2. The van der Waals surface area contributed by atoms with Crippen molar-refractivity contribution in [2.45, 2.75) is 89.5 Å². The van der Waals surface area contributed by atoms with Crippen LogP contribution in [-0.4, -0.2) is 67.3 Å². The normalized spacial score (nSPS) is 21.6. The monoisotopic (exact) mass is 482 g/mol. The molecule has 0 atom stereocenters. The fourth-order valence-corrected chi connectivity index (χ4v) is 6.05. The summed E-state index contributed by atoms with van der Waals surface area (Å²) < 4.78 is 0. The number of pyridine rings is 1. The molecule has 3 aliphatic rings. The standard InChI is InChI=1S/C28H46N6O/c1-30-27-24(13-14-25(32-27)34-17-9-4-2-3-5-10-18-34)26(29)28(35)31-23-15-19-33(20-16-23)21-22-11-7-6-8-12-22/h13-14,22-23,29H,2-12,15-21H2,1H3,(H,30,32)(H,31,35). The molecule has 1 aliphatic carbocycles. The van der Waals surface area contributed by atoms with Crippen molar-refractivity contribution in [3.8, 4) is 0 Å². The summed E-state index contributed by atoms with van der Waals surface area (Å²) in [5.74, 6) is 2.13. The number of nitrogens with one attached hydrogen (secondary N) is 3. The summed E-state index contributed by atoms with van der Waals surface area (Å²) in [5, 5.41) is 14.9. The van der Waals surface area contributed by atoms with E-state index in [4.69, 9.17) is 10.4 Å². The largest absolute Gasteiger partial charge is 0.373 e. The number of piperidine rings is 1. The minimum atomic E-state index is -0.287. The predicted molar refractivity (Wildman–Crippen MR) is 145 cm³/mol. The number of nitrogens with zero attached hydrogens (tertiary/aromatic N) is 3. The van der Waals surface area contributed by atoms with Gasteiger partial charge in [-0.15, -0.1) is 0 Å². The first kappa shape index (κ1) is 25.9. The van der Waals surface area contributed by atoms with E-state index in [1.165, 1.54) is 77.2 Å². The summed E-state index contributed by atoms with van der Waals surface area (Å²) in [6.45, 7) is 5.35. The molecule has 1 saturated carbocycles. The fraction of sp³-hybridized carbons (Fsp3) is 0.750. The minimum Gasteiger partial charge on any atom is -0.373 e. The van der Waals surface area contributed by atoms with Crippen LogP contribution < -0.4 is 15.5 Å². The molecule has 1 aromatic heterocycles. The van der Waals surface area contributed by atoms with Crippen LogP contribution in [-0.2, 0) is 4.79 Å². The summed E-state index contributed by atoms with van der Waals surface area (Å²) in [6, 6.07) is 4.04. The summed E-state index contributed by atoms with van der Waals surface area (Å²) in [6.07, 6.45) is 16.5. The van der Waals surface area contributed by atoms with Crippen molar-refractivity contribution in [1.82, 2.24) is 15.2 Å². The molecule has 7 heteroatoms. The quantitative estimate of drug-likeness (QED) is 0.486. The van der Waals surface area contributed by atoms with Crippen LogP contribution in [0.15, 0.2) is 12.1 Å². The first-order valence-corrected chi connectivity index (χ1v) is 14.2. The Morgan fingerprint density at radius 3 is 2.20 bits per heavy atom. The number of anilines is 2. The molecular formula is C28H46N6O. The Morgan fingerprint density at radius 1 is 0.914 bits per heavy atom. The van der Waals surface area contributed by atoms with Gasteiger partial charge in [0, 0.05) is 51.4 Å². The van der Waals surface area contributed by atoms with Gasteiger partial charge >= 0.3 is 0 Å². The Hall–Kier alpha value is -2.15. The van der Waals surface area contributed by atoms with Crippen molar-refractivity contribution in [2.75, 3.05) is 50.0 Å². The van der Waals surface area contributed by atoms with Crippen molar-refractivity contribution >= 4 is 23.3 Å². The van der Waals surface area contributed by atoms with Gasteiger partial charge in [0.25, 0.3) is 5.91 Å².